The van der Waals surface area contributed by atoms with E-state index in [1.54, 1.807) is 12.1 Å². The molecule has 0 aliphatic heterocycles. The standard InChI is InChI=1S/C14H13NO3S/c1-2-9-5-3-4-6-10(9)13(16)15-12-8-7-11(19-12)14(17)18/h3-8H,2H2,1H3,(H,15,16)(H,17,18). The Labute approximate surface area is 114 Å². The maximum Gasteiger partial charge on any atom is 0.345 e. The van der Waals surface area contributed by atoms with Crippen LogP contribution in [0.3, 0.4) is 0 Å². The van der Waals surface area contributed by atoms with Gasteiger partial charge in [-0.2, -0.15) is 0 Å². The smallest absolute Gasteiger partial charge is 0.345 e. The minimum atomic E-state index is -0.987. The van der Waals surface area contributed by atoms with Crippen molar-refractivity contribution in [2.75, 3.05) is 5.32 Å². The normalized spacial score (nSPS) is 10.2. The van der Waals surface area contributed by atoms with Crippen LogP contribution in [0.2, 0.25) is 0 Å². The van der Waals surface area contributed by atoms with Crippen LogP contribution < -0.4 is 5.32 Å². The lowest BCUT2D eigenvalue weighted by molar-refractivity contribution is 0.0702. The van der Waals surface area contributed by atoms with E-state index in [1.807, 2.05) is 25.1 Å². The van der Waals surface area contributed by atoms with E-state index in [4.69, 9.17) is 5.11 Å². The highest BCUT2D eigenvalue weighted by Crippen LogP contribution is 2.23. The molecule has 0 radical (unpaired) electrons. The average Bonchev–Trinajstić information content (AvgIpc) is 2.87. The summed E-state index contributed by atoms with van der Waals surface area (Å²) in [4.78, 5) is 23.1. The van der Waals surface area contributed by atoms with Gasteiger partial charge in [0.05, 0.1) is 5.00 Å². The fraction of sp³-hybridized carbons (Fsp3) is 0.143. The molecule has 0 saturated heterocycles. The molecule has 0 bridgehead atoms. The Morgan fingerprint density at radius 3 is 2.58 bits per heavy atom. The zero-order valence-electron chi connectivity index (χ0n) is 10.3. The summed E-state index contributed by atoms with van der Waals surface area (Å²) in [6, 6.07) is 10.5. The van der Waals surface area contributed by atoms with E-state index in [0.29, 0.717) is 10.6 Å². The molecule has 2 aromatic rings. The molecule has 0 unspecified atom stereocenters. The molecule has 2 N–H and O–H groups in total. The second-order valence-electron chi connectivity index (χ2n) is 3.93. The van der Waals surface area contributed by atoms with Crippen LogP contribution in [0, 0.1) is 0 Å². The molecule has 0 saturated carbocycles. The van der Waals surface area contributed by atoms with E-state index in [2.05, 4.69) is 5.32 Å². The number of hydrogen-bond acceptors (Lipinski definition) is 3. The molecule has 0 aliphatic rings. The van der Waals surface area contributed by atoms with Crippen LogP contribution in [0.1, 0.15) is 32.5 Å². The molecule has 0 atom stereocenters. The third kappa shape index (κ3) is 3.00. The number of carboxylic acids is 1. The summed E-state index contributed by atoms with van der Waals surface area (Å²) in [5, 5.41) is 12.1. The lowest BCUT2D eigenvalue weighted by atomic mass is 10.1. The van der Waals surface area contributed by atoms with Crippen LogP contribution in [0.5, 0.6) is 0 Å². The molecule has 0 aliphatic carbocycles. The van der Waals surface area contributed by atoms with Crippen molar-refractivity contribution in [3.05, 3.63) is 52.4 Å². The highest BCUT2D eigenvalue weighted by Gasteiger charge is 2.12. The summed E-state index contributed by atoms with van der Waals surface area (Å²) < 4.78 is 0. The highest BCUT2D eigenvalue weighted by atomic mass is 32.1. The van der Waals surface area contributed by atoms with Crippen molar-refractivity contribution in [2.24, 2.45) is 0 Å². The zero-order chi connectivity index (χ0) is 13.8. The fourth-order valence-electron chi connectivity index (χ4n) is 1.75. The number of benzene rings is 1. The van der Waals surface area contributed by atoms with Crippen LogP contribution in [-0.2, 0) is 6.42 Å². The maximum absolute atomic E-state index is 12.1. The Kier molecular flexibility index (Phi) is 3.97. The highest BCUT2D eigenvalue weighted by molar-refractivity contribution is 7.18. The molecule has 2 rings (SSSR count). The van der Waals surface area contributed by atoms with Crippen molar-refractivity contribution in [3.8, 4) is 0 Å². The lowest BCUT2D eigenvalue weighted by Crippen LogP contribution is -2.13. The molecule has 4 nitrogen and oxygen atoms in total. The number of carbonyl (C=O) groups is 2. The van der Waals surface area contributed by atoms with Gasteiger partial charge in [0.1, 0.15) is 4.88 Å². The van der Waals surface area contributed by atoms with E-state index >= 15 is 0 Å². The Morgan fingerprint density at radius 2 is 1.95 bits per heavy atom. The number of aromatic carboxylic acids is 1. The largest absolute Gasteiger partial charge is 0.477 e. The van der Waals surface area contributed by atoms with E-state index in [0.717, 1.165) is 23.3 Å². The van der Waals surface area contributed by atoms with Gasteiger partial charge in [0, 0.05) is 5.56 Å². The number of hydrogen-bond donors (Lipinski definition) is 2. The summed E-state index contributed by atoms with van der Waals surface area (Å²) in [7, 11) is 0. The van der Waals surface area contributed by atoms with E-state index in [9.17, 15) is 9.59 Å². The number of anilines is 1. The zero-order valence-corrected chi connectivity index (χ0v) is 11.2. The Balaban J connectivity index is 2.18. The van der Waals surface area contributed by atoms with Crippen molar-refractivity contribution in [2.45, 2.75) is 13.3 Å². The minimum absolute atomic E-state index is 0.207. The Bertz CT molecular complexity index is 619. The molecule has 0 fully saturated rings. The summed E-state index contributed by atoms with van der Waals surface area (Å²) in [5.41, 5.74) is 1.59. The number of amides is 1. The van der Waals surface area contributed by atoms with Gasteiger partial charge < -0.3 is 10.4 Å². The summed E-state index contributed by atoms with van der Waals surface area (Å²) in [6.45, 7) is 1.99. The first-order valence-electron chi connectivity index (χ1n) is 5.84. The van der Waals surface area contributed by atoms with E-state index in [-0.39, 0.29) is 10.8 Å². The first-order valence-corrected chi connectivity index (χ1v) is 6.66. The SMILES string of the molecule is CCc1ccccc1C(=O)Nc1ccc(C(=O)O)s1. The average molecular weight is 275 g/mol. The number of carboxylic acid groups (broad SMARTS) is 1. The molecule has 1 aromatic carbocycles. The second-order valence-corrected chi connectivity index (χ2v) is 5.02. The number of carbonyl (C=O) groups excluding carboxylic acids is 1. The van der Waals surface area contributed by atoms with Gasteiger partial charge in [0.2, 0.25) is 0 Å². The first-order chi connectivity index (χ1) is 9.11. The predicted molar refractivity (Wildman–Crippen MR) is 75.1 cm³/mol. The summed E-state index contributed by atoms with van der Waals surface area (Å²) in [5.74, 6) is -1.20. The predicted octanol–water partition coefficient (Wildman–Crippen LogP) is 3.26. The van der Waals surface area contributed by atoms with Crippen molar-refractivity contribution >= 4 is 28.2 Å². The van der Waals surface area contributed by atoms with Crippen LogP contribution in [0.15, 0.2) is 36.4 Å². The van der Waals surface area contributed by atoms with Crippen molar-refractivity contribution in [3.63, 3.8) is 0 Å². The summed E-state index contributed by atoms with van der Waals surface area (Å²) in [6.07, 6.45) is 0.772. The van der Waals surface area contributed by atoms with Crippen molar-refractivity contribution in [1.82, 2.24) is 0 Å². The molecule has 1 heterocycles. The van der Waals surface area contributed by atoms with Gasteiger partial charge in [-0.05, 0) is 30.2 Å². The molecule has 98 valence electrons. The van der Waals surface area contributed by atoms with Gasteiger partial charge in [-0.15, -0.1) is 11.3 Å². The van der Waals surface area contributed by atoms with Crippen LogP contribution in [-0.4, -0.2) is 17.0 Å². The summed E-state index contributed by atoms with van der Waals surface area (Å²) >= 11 is 1.05. The molecule has 5 heteroatoms. The number of aryl methyl sites for hydroxylation is 1. The molecule has 19 heavy (non-hydrogen) atoms. The molecule has 1 amide bonds. The van der Waals surface area contributed by atoms with Crippen molar-refractivity contribution < 1.29 is 14.7 Å². The van der Waals surface area contributed by atoms with Crippen LogP contribution in [0.25, 0.3) is 0 Å². The van der Waals surface area contributed by atoms with Gasteiger partial charge in [-0.3, -0.25) is 4.79 Å². The number of nitrogens with one attached hydrogen (secondary N) is 1. The van der Waals surface area contributed by atoms with Crippen LogP contribution >= 0.6 is 11.3 Å². The third-order valence-electron chi connectivity index (χ3n) is 2.70. The maximum atomic E-state index is 12.1. The van der Waals surface area contributed by atoms with E-state index in [1.165, 1.54) is 6.07 Å². The van der Waals surface area contributed by atoms with Gasteiger partial charge >= 0.3 is 5.97 Å². The van der Waals surface area contributed by atoms with Crippen molar-refractivity contribution in [1.29, 1.82) is 0 Å². The second kappa shape index (κ2) is 5.67. The van der Waals surface area contributed by atoms with Crippen LogP contribution in [0.4, 0.5) is 5.00 Å². The topological polar surface area (TPSA) is 66.4 Å². The number of thiophene rings is 1. The lowest BCUT2D eigenvalue weighted by Gasteiger charge is -2.07. The Morgan fingerprint density at radius 1 is 1.21 bits per heavy atom. The quantitative estimate of drug-likeness (QED) is 0.900. The molecular formula is C14H13NO3S. The van der Waals surface area contributed by atoms with Gasteiger partial charge in [0.25, 0.3) is 5.91 Å². The first kappa shape index (κ1) is 13.3. The third-order valence-corrected chi connectivity index (χ3v) is 3.69. The van der Waals surface area contributed by atoms with Gasteiger partial charge in [-0.1, -0.05) is 25.1 Å². The van der Waals surface area contributed by atoms with Gasteiger partial charge in [-0.25, -0.2) is 4.79 Å². The molecule has 1 aromatic heterocycles. The minimum Gasteiger partial charge on any atom is -0.477 e. The van der Waals surface area contributed by atoms with E-state index < -0.39 is 5.97 Å². The number of rotatable bonds is 4. The fourth-order valence-corrected chi connectivity index (χ4v) is 2.49. The molecular weight excluding hydrogens is 262 g/mol. The van der Waals surface area contributed by atoms with Gasteiger partial charge in [0.15, 0.2) is 0 Å². The monoisotopic (exact) mass is 275 g/mol. The Hall–Kier alpha value is -2.14. The molecule has 0 spiro atoms.